The van der Waals surface area contributed by atoms with E-state index in [1.807, 2.05) is 72.8 Å². The number of ketones is 1. The third kappa shape index (κ3) is 3.10. The number of carbonyl (C=O) groups excluding carboxylic acids is 1. The van der Waals surface area contributed by atoms with E-state index in [4.69, 9.17) is 9.97 Å². The summed E-state index contributed by atoms with van der Waals surface area (Å²) in [6.45, 7) is 0. The fraction of sp³-hybridized carbons (Fsp3) is 0.0690. The van der Waals surface area contributed by atoms with E-state index < -0.39 is 0 Å². The largest absolute Gasteiger partial charge is 0.299 e. The predicted octanol–water partition coefficient (Wildman–Crippen LogP) is 6.44. The number of hydrogen-bond donors (Lipinski definition) is 0. The SMILES string of the molecule is O=C(Cc1c2ccccc2nc2ccccc12)Cc1c2ccccc2nc2ccccc12. The minimum absolute atomic E-state index is 0.188. The van der Waals surface area contributed by atoms with Crippen molar-refractivity contribution in [1.82, 2.24) is 9.97 Å². The topological polar surface area (TPSA) is 42.9 Å². The Labute approximate surface area is 185 Å². The van der Waals surface area contributed by atoms with Crippen LogP contribution in [0.25, 0.3) is 43.6 Å². The molecule has 0 bridgehead atoms. The van der Waals surface area contributed by atoms with E-state index in [2.05, 4.69) is 24.3 Å². The smallest absolute Gasteiger partial charge is 0.141 e. The first kappa shape index (κ1) is 18.6. The minimum Gasteiger partial charge on any atom is -0.299 e. The molecule has 0 aliphatic carbocycles. The van der Waals surface area contributed by atoms with E-state index in [1.165, 1.54) is 0 Å². The molecule has 0 aliphatic rings. The molecule has 0 aliphatic heterocycles. The fourth-order valence-corrected chi connectivity index (χ4v) is 4.69. The fourth-order valence-electron chi connectivity index (χ4n) is 4.69. The van der Waals surface area contributed by atoms with Gasteiger partial charge < -0.3 is 0 Å². The third-order valence-electron chi connectivity index (χ3n) is 6.15. The Morgan fingerprint density at radius 1 is 0.469 bits per heavy atom. The van der Waals surface area contributed by atoms with Crippen molar-refractivity contribution < 1.29 is 4.79 Å². The van der Waals surface area contributed by atoms with Crippen LogP contribution in [0.1, 0.15) is 11.1 Å². The highest BCUT2D eigenvalue weighted by Crippen LogP contribution is 2.29. The third-order valence-corrected chi connectivity index (χ3v) is 6.15. The summed E-state index contributed by atoms with van der Waals surface area (Å²) in [6.07, 6.45) is 0.739. The zero-order valence-electron chi connectivity index (χ0n) is 17.5. The molecule has 0 fully saturated rings. The average Bonchev–Trinajstić information content (AvgIpc) is 2.84. The molecule has 2 heterocycles. The molecular formula is C29H20N2O. The molecule has 3 heteroatoms. The van der Waals surface area contributed by atoms with Gasteiger partial charge in [0.1, 0.15) is 5.78 Å². The molecular weight excluding hydrogens is 392 g/mol. The van der Waals surface area contributed by atoms with Crippen LogP contribution in [0, 0.1) is 0 Å². The number of fused-ring (bicyclic) bond motifs is 4. The highest BCUT2D eigenvalue weighted by molar-refractivity contribution is 6.04. The quantitative estimate of drug-likeness (QED) is 0.313. The molecule has 0 unspecified atom stereocenters. The zero-order valence-corrected chi connectivity index (χ0v) is 17.5. The van der Waals surface area contributed by atoms with E-state index in [0.29, 0.717) is 12.8 Å². The standard InChI is InChI=1S/C29H20N2O/c32-19(17-24-20-9-1-5-13-26(20)30-27-14-6-2-10-21(24)27)18-25-22-11-3-7-15-28(22)31-29-16-8-4-12-23(25)29/h1-16H,17-18H2. The maximum atomic E-state index is 13.5. The van der Waals surface area contributed by atoms with Crippen molar-refractivity contribution in [3.8, 4) is 0 Å². The summed E-state index contributed by atoms with van der Waals surface area (Å²) in [5.74, 6) is 0.188. The van der Waals surface area contributed by atoms with Gasteiger partial charge in [-0.1, -0.05) is 72.8 Å². The number of pyridine rings is 2. The molecule has 0 amide bonds. The molecule has 152 valence electrons. The lowest BCUT2D eigenvalue weighted by Crippen LogP contribution is -2.09. The Morgan fingerprint density at radius 3 is 1.06 bits per heavy atom. The first-order valence-corrected chi connectivity index (χ1v) is 10.8. The van der Waals surface area contributed by atoms with Gasteiger partial charge >= 0.3 is 0 Å². The Hall–Kier alpha value is -4.11. The summed E-state index contributed by atoms with van der Waals surface area (Å²) in [6, 6.07) is 32.3. The maximum Gasteiger partial charge on any atom is 0.141 e. The van der Waals surface area contributed by atoms with Gasteiger partial charge in [0.2, 0.25) is 0 Å². The highest BCUT2D eigenvalue weighted by atomic mass is 16.1. The minimum atomic E-state index is 0.188. The van der Waals surface area contributed by atoms with Gasteiger partial charge in [0.05, 0.1) is 22.1 Å². The lowest BCUT2D eigenvalue weighted by atomic mass is 9.93. The molecule has 4 aromatic carbocycles. The molecule has 32 heavy (non-hydrogen) atoms. The lowest BCUT2D eigenvalue weighted by molar-refractivity contribution is -0.117. The van der Waals surface area contributed by atoms with Crippen LogP contribution < -0.4 is 0 Å². The predicted molar refractivity (Wildman–Crippen MR) is 131 cm³/mol. The molecule has 0 saturated carbocycles. The van der Waals surface area contributed by atoms with Crippen LogP contribution in [-0.2, 0) is 17.6 Å². The summed E-state index contributed by atoms with van der Waals surface area (Å²) in [5, 5.41) is 4.18. The van der Waals surface area contributed by atoms with Gasteiger partial charge in [-0.25, -0.2) is 9.97 Å². The van der Waals surface area contributed by atoms with Crippen molar-refractivity contribution in [2.75, 3.05) is 0 Å². The van der Waals surface area contributed by atoms with Crippen LogP contribution in [-0.4, -0.2) is 15.8 Å². The summed E-state index contributed by atoms with van der Waals surface area (Å²) >= 11 is 0. The Balaban J connectivity index is 1.48. The van der Waals surface area contributed by atoms with E-state index in [-0.39, 0.29) is 5.78 Å². The molecule has 3 nitrogen and oxygen atoms in total. The normalized spacial score (nSPS) is 11.5. The second kappa shape index (κ2) is 7.54. The van der Waals surface area contributed by atoms with Crippen molar-refractivity contribution in [2.45, 2.75) is 12.8 Å². The number of para-hydroxylation sites is 4. The van der Waals surface area contributed by atoms with E-state index in [1.54, 1.807) is 0 Å². The van der Waals surface area contributed by atoms with Gasteiger partial charge in [-0.2, -0.15) is 0 Å². The van der Waals surface area contributed by atoms with Gasteiger partial charge in [0.25, 0.3) is 0 Å². The zero-order chi connectivity index (χ0) is 21.5. The summed E-state index contributed by atoms with van der Waals surface area (Å²) in [4.78, 5) is 23.1. The number of hydrogen-bond acceptors (Lipinski definition) is 3. The molecule has 2 aromatic heterocycles. The summed E-state index contributed by atoms with van der Waals surface area (Å²) in [7, 11) is 0. The monoisotopic (exact) mass is 412 g/mol. The highest BCUT2D eigenvalue weighted by Gasteiger charge is 2.16. The van der Waals surface area contributed by atoms with E-state index in [0.717, 1.165) is 54.7 Å². The number of aromatic nitrogens is 2. The van der Waals surface area contributed by atoms with Crippen molar-refractivity contribution in [1.29, 1.82) is 0 Å². The molecule has 6 aromatic rings. The number of carbonyl (C=O) groups is 1. The molecule has 0 atom stereocenters. The Kier molecular flexibility index (Phi) is 4.39. The molecule has 0 radical (unpaired) electrons. The van der Waals surface area contributed by atoms with Crippen LogP contribution in [0.15, 0.2) is 97.1 Å². The van der Waals surface area contributed by atoms with Crippen molar-refractivity contribution in [2.24, 2.45) is 0 Å². The molecule has 0 saturated heterocycles. The van der Waals surface area contributed by atoms with E-state index >= 15 is 0 Å². The molecule has 6 rings (SSSR count). The van der Waals surface area contributed by atoms with Gasteiger partial charge in [0, 0.05) is 34.4 Å². The van der Waals surface area contributed by atoms with Gasteiger partial charge in [0.15, 0.2) is 0 Å². The van der Waals surface area contributed by atoms with Crippen LogP contribution in [0.3, 0.4) is 0 Å². The van der Waals surface area contributed by atoms with Crippen molar-refractivity contribution >= 4 is 49.4 Å². The summed E-state index contributed by atoms with van der Waals surface area (Å²) in [5.41, 5.74) is 5.81. The first-order valence-electron chi connectivity index (χ1n) is 10.8. The first-order chi connectivity index (χ1) is 15.8. The van der Waals surface area contributed by atoms with Crippen LogP contribution >= 0.6 is 0 Å². The second-order valence-electron chi connectivity index (χ2n) is 8.14. The lowest BCUT2D eigenvalue weighted by Gasteiger charge is -2.13. The number of benzene rings is 4. The van der Waals surface area contributed by atoms with E-state index in [9.17, 15) is 4.79 Å². The number of nitrogens with zero attached hydrogens (tertiary/aromatic N) is 2. The number of rotatable bonds is 4. The van der Waals surface area contributed by atoms with Crippen LogP contribution in [0.4, 0.5) is 0 Å². The van der Waals surface area contributed by atoms with Crippen molar-refractivity contribution in [3.63, 3.8) is 0 Å². The average molecular weight is 412 g/mol. The van der Waals surface area contributed by atoms with Gasteiger partial charge in [-0.05, 0) is 35.4 Å². The maximum absolute atomic E-state index is 13.5. The van der Waals surface area contributed by atoms with Gasteiger partial charge in [-0.15, -0.1) is 0 Å². The molecule has 0 spiro atoms. The number of Topliss-reactive ketones (excluding diaryl/α,β-unsaturated/α-hetero) is 1. The van der Waals surface area contributed by atoms with Crippen LogP contribution in [0.5, 0.6) is 0 Å². The second-order valence-corrected chi connectivity index (χ2v) is 8.14. The Bertz CT molecular complexity index is 1420. The molecule has 0 N–H and O–H groups in total. The van der Waals surface area contributed by atoms with Crippen LogP contribution in [0.2, 0.25) is 0 Å². The van der Waals surface area contributed by atoms with Crippen molar-refractivity contribution in [3.05, 3.63) is 108 Å². The summed E-state index contributed by atoms with van der Waals surface area (Å²) < 4.78 is 0. The van der Waals surface area contributed by atoms with Gasteiger partial charge in [-0.3, -0.25) is 4.79 Å². The Morgan fingerprint density at radius 2 is 0.750 bits per heavy atom.